The lowest BCUT2D eigenvalue weighted by Crippen LogP contribution is -2.42. The van der Waals surface area contributed by atoms with Crippen LogP contribution in [-0.4, -0.2) is 39.6 Å². The van der Waals surface area contributed by atoms with Gasteiger partial charge in [-0.05, 0) is 96.3 Å². The summed E-state index contributed by atoms with van der Waals surface area (Å²) in [6, 6.07) is 4.35. The molecule has 1 aliphatic heterocycles. The predicted octanol–water partition coefficient (Wildman–Crippen LogP) is 6.40. The zero-order valence-electron chi connectivity index (χ0n) is 24.1. The average molecular weight is 581 g/mol. The van der Waals surface area contributed by atoms with Crippen LogP contribution >= 0.6 is 11.8 Å². The molecule has 2 heterocycles. The zero-order valence-corrected chi connectivity index (χ0v) is 24.9. The molecule has 1 amide bonds. The van der Waals surface area contributed by atoms with Crippen molar-refractivity contribution in [1.82, 2.24) is 15.3 Å². The lowest BCUT2D eigenvalue weighted by molar-refractivity contribution is -0.157. The molecule has 0 saturated heterocycles. The van der Waals surface area contributed by atoms with E-state index in [1.165, 1.54) is 30.2 Å². The van der Waals surface area contributed by atoms with Gasteiger partial charge in [0.2, 0.25) is 0 Å². The first kappa shape index (κ1) is 29.1. The fourth-order valence-corrected chi connectivity index (χ4v) is 6.90. The quantitative estimate of drug-likeness (QED) is 0.210. The summed E-state index contributed by atoms with van der Waals surface area (Å²) >= 11 is 1.25. The number of thioether (sulfide) groups is 1. The molecule has 3 aliphatic rings. The van der Waals surface area contributed by atoms with Crippen LogP contribution in [0.15, 0.2) is 40.2 Å². The fourth-order valence-electron chi connectivity index (χ4n) is 6.08. The summed E-state index contributed by atoms with van der Waals surface area (Å²) in [6.45, 7) is 9.43. The summed E-state index contributed by atoms with van der Waals surface area (Å²) in [5, 5.41) is 7.06. The Morgan fingerprint density at radius 3 is 2.59 bits per heavy atom. The van der Waals surface area contributed by atoms with E-state index in [0.29, 0.717) is 56.9 Å². The van der Waals surface area contributed by atoms with Crippen molar-refractivity contribution in [1.29, 1.82) is 0 Å². The van der Waals surface area contributed by atoms with Gasteiger partial charge < -0.3 is 20.1 Å². The third-order valence-electron chi connectivity index (χ3n) is 7.61. The molecule has 2 aromatic rings. The van der Waals surface area contributed by atoms with Gasteiger partial charge in [0, 0.05) is 18.5 Å². The van der Waals surface area contributed by atoms with Gasteiger partial charge in [-0.25, -0.2) is 14.4 Å². The maximum Gasteiger partial charge on any atom is 0.306 e. The molecule has 2 aliphatic carbocycles. The molecule has 0 radical (unpaired) electrons. The van der Waals surface area contributed by atoms with E-state index >= 15 is 0 Å². The number of anilines is 2. The lowest BCUT2D eigenvalue weighted by Gasteiger charge is -2.35. The van der Waals surface area contributed by atoms with E-state index in [2.05, 4.69) is 26.3 Å². The SMILES string of the molecule is CC(C)Oc1cc(F)ccc1Nc1ncnc2c1C=C=C(C(=O)NC1CC3CCC(C1)C3CC(=O)OC(C)(C)C)S2. The Morgan fingerprint density at radius 1 is 1.17 bits per heavy atom. The number of carbonyl (C=O) groups excluding carboxylic acids is 2. The largest absolute Gasteiger partial charge is 0.489 e. The molecule has 2 unspecified atom stereocenters. The van der Waals surface area contributed by atoms with Crippen LogP contribution in [0.3, 0.4) is 0 Å². The van der Waals surface area contributed by atoms with Crippen molar-refractivity contribution in [3.8, 4) is 5.75 Å². The third-order valence-corrected chi connectivity index (χ3v) is 8.64. The summed E-state index contributed by atoms with van der Waals surface area (Å²) in [4.78, 5) is 34.9. The number of fused-ring (bicyclic) bond motifs is 3. The van der Waals surface area contributed by atoms with Crippen LogP contribution < -0.4 is 15.4 Å². The second-order valence-electron chi connectivity index (χ2n) is 12.3. The lowest BCUT2D eigenvalue weighted by atomic mass is 9.74. The molecule has 1 aromatic heterocycles. The van der Waals surface area contributed by atoms with Crippen molar-refractivity contribution >= 4 is 41.2 Å². The first-order chi connectivity index (χ1) is 19.4. The highest BCUT2D eigenvalue weighted by Gasteiger charge is 2.44. The van der Waals surface area contributed by atoms with Gasteiger partial charge in [-0.15, -0.1) is 0 Å². The Morgan fingerprint density at radius 2 is 1.90 bits per heavy atom. The number of esters is 1. The molecule has 0 spiro atoms. The maximum atomic E-state index is 13.9. The minimum absolute atomic E-state index is 0.0617. The summed E-state index contributed by atoms with van der Waals surface area (Å²) in [5.41, 5.74) is 3.89. The van der Waals surface area contributed by atoms with Crippen LogP contribution in [0.25, 0.3) is 6.08 Å². The van der Waals surface area contributed by atoms with Gasteiger partial charge in [0.05, 0.1) is 17.4 Å². The monoisotopic (exact) mass is 580 g/mol. The third kappa shape index (κ3) is 7.11. The standard InChI is InChI=1S/C31H37FN4O4S/c1-17(2)39-25-14-20(32)8-10-24(25)36-28-22-9-11-26(41-30(22)34-16-33-28)29(38)35-21-12-18-6-7-19(13-21)23(18)15-27(37)40-31(3,4)5/h8-10,14,16-19,21,23H,6-7,12-13,15H2,1-5H3,(H,35,38)(H,33,34,36). The Labute approximate surface area is 244 Å². The Hall–Kier alpha value is -3.36. The van der Waals surface area contributed by atoms with Crippen molar-refractivity contribution in [2.24, 2.45) is 17.8 Å². The average Bonchev–Trinajstić information content (AvgIpc) is 3.10. The number of aromatic nitrogens is 2. The number of rotatable bonds is 8. The Kier molecular flexibility index (Phi) is 8.43. The number of carbonyl (C=O) groups is 2. The normalized spacial score (nSPS) is 23.0. The number of ether oxygens (including phenoxy) is 2. The van der Waals surface area contributed by atoms with Crippen LogP contribution in [-0.2, 0) is 14.3 Å². The molecule has 1 aromatic carbocycles. The highest BCUT2D eigenvalue weighted by molar-refractivity contribution is 8.04. The van der Waals surface area contributed by atoms with Crippen LogP contribution in [0.5, 0.6) is 5.75 Å². The van der Waals surface area contributed by atoms with Gasteiger partial charge in [-0.1, -0.05) is 17.5 Å². The topological polar surface area (TPSA) is 102 Å². The van der Waals surface area contributed by atoms with Gasteiger partial charge in [0.1, 0.15) is 39.2 Å². The predicted molar refractivity (Wildman–Crippen MR) is 156 cm³/mol. The summed E-state index contributed by atoms with van der Waals surface area (Å²) < 4.78 is 25.2. The first-order valence-corrected chi connectivity index (χ1v) is 15.0. The van der Waals surface area contributed by atoms with E-state index in [1.54, 1.807) is 12.1 Å². The van der Waals surface area contributed by atoms with Crippen molar-refractivity contribution in [3.63, 3.8) is 0 Å². The minimum atomic E-state index is -0.480. The highest BCUT2D eigenvalue weighted by Crippen LogP contribution is 2.49. The van der Waals surface area contributed by atoms with Crippen LogP contribution in [0, 0.1) is 23.6 Å². The van der Waals surface area contributed by atoms with E-state index in [-0.39, 0.29) is 24.0 Å². The van der Waals surface area contributed by atoms with E-state index in [1.807, 2.05) is 34.6 Å². The number of nitrogens with zero attached hydrogens (tertiary/aromatic N) is 2. The number of benzene rings is 1. The van der Waals surface area contributed by atoms with Gasteiger partial charge in [0.25, 0.3) is 5.91 Å². The summed E-state index contributed by atoms with van der Waals surface area (Å²) in [6.07, 6.45) is 7.35. The zero-order chi connectivity index (χ0) is 29.3. The van der Waals surface area contributed by atoms with E-state index < -0.39 is 11.4 Å². The maximum absolute atomic E-state index is 13.9. The number of hydrogen-bond donors (Lipinski definition) is 2. The molecule has 2 fully saturated rings. The fraction of sp³-hybridized carbons (Fsp3) is 0.516. The van der Waals surface area contributed by atoms with E-state index in [4.69, 9.17) is 9.47 Å². The molecule has 2 atom stereocenters. The number of halogens is 1. The van der Waals surface area contributed by atoms with Crippen molar-refractivity contribution in [2.45, 2.75) is 89.5 Å². The van der Waals surface area contributed by atoms with E-state index in [0.717, 1.165) is 25.7 Å². The highest BCUT2D eigenvalue weighted by atomic mass is 32.2. The molecule has 10 heteroatoms. The Balaban J connectivity index is 1.24. The molecule has 2 saturated carbocycles. The van der Waals surface area contributed by atoms with Gasteiger partial charge in [-0.2, -0.15) is 0 Å². The smallest absolute Gasteiger partial charge is 0.306 e. The van der Waals surface area contributed by atoms with Gasteiger partial charge in [-0.3, -0.25) is 9.59 Å². The van der Waals surface area contributed by atoms with Crippen molar-refractivity contribution in [2.75, 3.05) is 5.32 Å². The van der Waals surface area contributed by atoms with E-state index in [9.17, 15) is 14.0 Å². The van der Waals surface area contributed by atoms with Crippen LogP contribution in [0.1, 0.15) is 72.3 Å². The molecule has 8 nitrogen and oxygen atoms in total. The summed E-state index contributed by atoms with van der Waals surface area (Å²) in [5.74, 6) is 1.33. The number of hydrogen-bond acceptors (Lipinski definition) is 8. The van der Waals surface area contributed by atoms with Crippen molar-refractivity contribution < 1.29 is 23.5 Å². The molecule has 2 N–H and O–H groups in total. The Bertz CT molecular complexity index is 1380. The van der Waals surface area contributed by atoms with Gasteiger partial charge >= 0.3 is 5.97 Å². The van der Waals surface area contributed by atoms with Crippen molar-refractivity contribution in [3.05, 3.63) is 46.5 Å². The van der Waals surface area contributed by atoms with Gasteiger partial charge in [0.15, 0.2) is 0 Å². The van der Waals surface area contributed by atoms with Crippen LogP contribution in [0.2, 0.25) is 0 Å². The second kappa shape index (κ2) is 11.9. The molecule has 41 heavy (non-hydrogen) atoms. The second-order valence-corrected chi connectivity index (χ2v) is 13.3. The molecule has 5 rings (SSSR count). The minimum Gasteiger partial charge on any atom is -0.489 e. The number of nitrogens with one attached hydrogen (secondary N) is 2. The molecule has 218 valence electrons. The summed E-state index contributed by atoms with van der Waals surface area (Å²) in [7, 11) is 0. The number of amides is 1. The first-order valence-electron chi connectivity index (χ1n) is 14.2. The van der Waals surface area contributed by atoms with Crippen LogP contribution in [0.4, 0.5) is 15.9 Å². The molecular formula is C31H37FN4O4S. The molecular weight excluding hydrogens is 543 g/mol. The molecule has 2 bridgehead atoms.